The summed E-state index contributed by atoms with van der Waals surface area (Å²) in [7, 11) is -3.11. The van der Waals surface area contributed by atoms with Crippen LogP contribution < -0.4 is 16.4 Å². The Kier molecular flexibility index (Phi) is 5.50. The number of ether oxygens (including phenoxy) is 1. The van der Waals surface area contributed by atoms with E-state index in [1.807, 2.05) is 0 Å². The van der Waals surface area contributed by atoms with Crippen molar-refractivity contribution in [2.45, 2.75) is 12.8 Å². The van der Waals surface area contributed by atoms with Gasteiger partial charge in [-0.2, -0.15) is 0 Å². The molecule has 0 aliphatic rings. The van der Waals surface area contributed by atoms with Crippen molar-refractivity contribution in [3.63, 3.8) is 0 Å². The highest BCUT2D eigenvalue weighted by atomic mass is 31.2. The number of aromatic nitrogens is 2. The summed E-state index contributed by atoms with van der Waals surface area (Å²) in [6.07, 6.45) is -1.63. The fourth-order valence-electron chi connectivity index (χ4n) is 2.19. The molecule has 2 rings (SSSR count). The van der Waals surface area contributed by atoms with Crippen LogP contribution in [0.2, 0.25) is 0 Å². The highest BCUT2D eigenvalue weighted by Crippen LogP contribution is 2.35. The summed E-state index contributed by atoms with van der Waals surface area (Å²) in [5.74, 6) is 0. The van der Waals surface area contributed by atoms with Crippen LogP contribution in [0, 0.1) is 10.1 Å². The molecule has 0 saturated carbocycles. The zero-order valence-corrected chi connectivity index (χ0v) is 13.8. The van der Waals surface area contributed by atoms with Crippen LogP contribution in [0.1, 0.15) is 5.56 Å². The predicted octanol–water partition coefficient (Wildman–Crippen LogP) is -0.636. The number of nitro benzene ring substituents is 1. The quantitative estimate of drug-likeness (QED) is 0.138. The minimum Gasteiger partial charge on any atom is -0.366 e. The van der Waals surface area contributed by atoms with Crippen molar-refractivity contribution in [3.8, 4) is 0 Å². The summed E-state index contributed by atoms with van der Waals surface area (Å²) in [5, 5.41) is 13.7. The number of rotatable bonds is 7. The van der Waals surface area contributed by atoms with Crippen LogP contribution in [-0.2, 0) is 15.8 Å². The van der Waals surface area contributed by atoms with Crippen LogP contribution in [0.25, 0.3) is 11.0 Å². The van der Waals surface area contributed by atoms with Gasteiger partial charge >= 0.3 is 18.7 Å². The molecule has 136 valence electrons. The molecule has 0 aliphatic heterocycles. The first-order valence-electron chi connectivity index (χ1n) is 6.85. The molecule has 5 N–H and O–H groups in total. The molecule has 0 radical (unpaired) electrons. The molecule has 1 aromatic heterocycles. The van der Waals surface area contributed by atoms with Crippen LogP contribution >= 0.6 is 7.60 Å². The lowest BCUT2D eigenvalue weighted by Gasteiger charge is -2.18. The number of fused-ring (bicyclic) bond motifs is 1. The predicted molar refractivity (Wildman–Crippen MR) is 86.4 cm³/mol. The van der Waals surface area contributed by atoms with Crippen molar-refractivity contribution >= 4 is 24.3 Å². The van der Waals surface area contributed by atoms with Crippen molar-refractivity contribution in [1.82, 2.24) is 15.3 Å². The molecular formula is C12H15N4O8P. The Bertz CT molecular complexity index is 962. The van der Waals surface area contributed by atoms with E-state index < -0.39 is 36.0 Å². The summed E-state index contributed by atoms with van der Waals surface area (Å²) in [4.78, 5) is 55.8. The van der Waals surface area contributed by atoms with Gasteiger partial charge in [-0.15, -0.1) is 0 Å². The molecule has 12 nitrogen and oxygen atoms in total. The summed E-state index contributed by atoms with van der Waals surface area (Å²) in [6.45, 7) is -0.112. The molecule has 0 spiro atoms. The first kappa shape index (κ1) is 19.0. The third kappa shape index (κ3) is 4.81. The molecule has 0 fully saturated rings. The molecule has 1 atom stereocenters. The number of nitrogens with zero attached hydrogens (tertiary/aromatic N) is 1. The Hall–Kier alpha value is -2.37. The molecule has 1 aromatic carbocycles. The van der Waals surface area contributed by atoms with Gasteiger partial charge < -0.3 is 24.5 Å². The number of hydrogen-bond donors (Lipinski definition) is 5. The molecule has 25 heavy (non-hydrogen) atoms. The third-order valence-electron chi connectivity index (χ3n) is 3.32. The van der Waals surface area contributed by atoms with Crippen molar-refractivity contribution in [2.75, 3.05) is 13.3 Å². The van der Waals surface area contributed by atoms with E-state index in [0.29, 0.717) is 0 Å². The maximum absolute atomic E-state index is 11.5. The molecule has 1 unspecified atom stereocenters. The summed E-state index contributed by atoms with van der Waals surface area (Å²) in [5.41, 5.74) is -1.75. The van der Waals surface area contributed by atoms with Crippen LogP contribution in [0.3, 0.4) is 0 Å². The number of hydrogen-bond acceptors (Lipinski definition) is 7. The highest BCUT2D eigenvalue weighted by Gasteiger charge is 2.22. The van der Waals surface area contributed by atoms with Gasteiger partial charge in [0.15, 0.2) is 0 Å². The number of aromatic amines is 2. The number of benzene rings is 1. The second-order valence-electron chi connectivity index (χ2n) is 5.15. The van der Waals surface area contributed by atoms with E-state index in [-0.39, 0.29) is 28.8 Å². The minimum atomic E-state index is -4.35. The molecule has 1 heterocycles. The number of nitro groups is 1. The summed E-state index contributed by atoms with van der Waals surface area (Å²) < 4.78 is 16.0. The van der Waals surface area contributed by atoms with Gasteiger partial charge in [0.2, 0.25) is 0 Å². The van der Waals surface area contributed by atoms with Crippen molar-refractivity contribution in [3.05, 3.63) is 48.5 Å². The largest absolute Gasteiger partial charge is 0.366 e. The number of nitrogens with one attached hydrogen (secondary N) is 3. The van der Waals surface area contributed by atoms with Gasteiger partial charge in [0.25, 0.3) is 5.69 Å². The zero-order valence-electron chi connectivity index (χ0n) is 12.9. The lowest BCUT2D eigenvalue weighted by molar-refractivity contribution is -0.384. The summed E-state index contributed by atoms with van der Waals surface area (Å²) >= 11 is 0. The normalized spacial score (nSPS) is 13.1. The first-order valence-corrected chi connectivity index (χ1v) is 8.65. The fourth-order valence-corrected chi connectivity index (χ4v) is 2.90. The topological polar surface area (TPSA) is 188 Å². The zero-order chi connectivity index (χ0) is 18.8. The minimum absolute atomic E-state index is 0.0551. The van der Waals surface area contributed by atoms with E-state index >= 15 is 0 Å². The van der Waals surface area contributed by atoms with Gasteiger partial charge in [-0.3, -0.25) is 29.6 Å². The van der Waals surface area contributed by atoms with Gasteiger partial charge in [-0.05, 0) is 5.56 Å². The Balaban J connectivity index is 2.43. The fraction of sp³-hybridized carbons (Fsp3) is 0.333. The molecule has 0 bridgehead atoms. The average Bonchev–Trinajstić information content (AvgIpc) is 2.51. The molecular weight excluding hydrogens is 359 g/mol. The van der Waals surface area contributed by atoms with Crippen molar-refractivity contribution in [2.24, 2.45) is 0 Å². The molecule has 0 aliphatic carbocycles. The number of non-ortho nitro benzene ring substituents is 1. The van der Waals surface area contributed by atoms with Crippen LogP contribution in [-0.4, -0.2) is 44.2 Å². The molecule has 2 aromatic rings. The van der Waals surface area contributed by atoms with Gasteiger partial charge in [-0.25, -0.2) is 0 Å². The van der Waals surface area contributed by atoms with Gasteiger partial charge in [-0.1, -0.05) is 0 Å². The van der Waals surface area contributed by atoms with Crippen LogP contribution in [0.4, 0.5) is 5.69 Å². The Morgan fingerprint density at radius 3 is 2.52 bits per heavy atom. The van der Waals surface area contributed by atoms with Crippen molar-refractivity contribution in [1.29, 1.82) is 0 Å². The van der Waals surface area contributed by atoms with Crippen LogP contribution in [0.5, 0.6) is 0 Å². The number of methoxy groups -OCH3 is 1. The second-order valence-corrected chi connectivity index (χ2v) is 6.84. The van der Waals surface area contributed by atoms with Gasteiger partial charge in [0, 0.05) is 25.8 Å². The number of H-pyrrole nitrogens is 2. The van der Waals surface area contributed by atoms with E-state index in [4.69, 9.17) is 14.5 Å². The Morgan fingerprint density at radius 1 is 1.32 bits per heavy atom. The monoisotopic (exact) mass is 374 g/mol. The van der Waals surface area contributed by atoms with Crippen molar-refractivity contribution < 1.29 is 24.0 Å². The molecule has 0 amide bonds. The Labute approximate surface area is 139 Å². The highest BCUT2D eigenvalue weighted by molar-refractivity contribution is 7.51. The lowest BCUT2D eigenvalue weighted by atomic mass is 10.1. The van der Waals surface area contributed by atoms with E-state index in [0.717, 1.165) is 6.07 Å². The Morgan fingerprint density at radius 2 is 1.96 bits per heavy atom. The first-order chi connectivity index (χ1) is 11.6. The maximum Gasteiger partial charge on any atom is 0.329 e. The molecule has 0 saturated heterocycles. The van der Waals surface area contributed by atoms with Gasteiger partial charge in [0.1, 0.15) is 6.23 Å². The summed E-state index contributed by atoms with van der Waals surface area (Å²) in [6, 6.07) is 2.27. The third-order valence-corrected chi connectivity index (χ3v) is 4.12. The van der Waals surface area contributed by atoms with Gasteiger partial charge in [0.05, 0.1) is 22.1 Å². The average molecular weight is 374 g/mol. The van der Waals surface area contributed by atoms with E-state index in [1.165, 1.54) is 13.2 Å². The van der Waals surface area contributed by atoms with E-state index in [1.54, 1.807) is 0 Å². The SMILES string of the molecule is COC(CP(=O)(O)O)NCc1cc([N+](=O)[O-])cc2[nH]c(=O)c(=O)[nH]c12. The second kappa shape index (κ2) is 7.25. The molecule has 13 heteroatoms. The standard InChI is InChI=1S/C12H15N4O8P/c1-24-9(5-25(21,22)23)13-4-6-2-7(16(19)20)3-8-10(6)15-12(18)11(17)14-8/h2-3,9,13H,4-5H2,1H3,(H,14,17)(H,15,18)(H2,21,22,23). The smallest absolute Gasteiger partial charge is 0.329 e. The van der Waals surface area contributed by atoms with E-state index in [9.17, 15) is 24.3 Å². The van der Waals surface area contributed by atoms with E-state index in [2.05, 4.69) is 15.3 Å². The maximum atomic E-state index is 11.5. The van der Waals surface area contributed by atoms with Crippen LogP contribution in [0.15, 0.2) is 21.7 Å². The lowest BCUT2D eigenvalue weighted by Crippen LogP contribution is -2.34.